The van der Waals surface area contributed by atoms with Gasteiger partial charge in [-0.2, -0.15) is 4.72 Å². The van der Waals surface area contributed by atoms with Crippen LogP contribution in [0.4, 0.5) is 5.69 Å². The second kappa shape index (κ2) is 8.64. The number of rotatable bonds is 5. The summed E-state index contributed by atoms with van der Waals surface area (Å²) in [5.41, 5.74) is 0.842. The van der Waals surface area contributed by atoms with Gasteiger partial charge >= 0.3 is 5.97 Å². The van der Waals surface area contributed by atoms with Gasteiger partial charge in [0, 0.05) is 43.5 Å². The molecule has 2 aromatic rings. The van der Waals surface area contributed by atoms with E-state index in [-0.39, 0.29) is 30.7 Å². The number of amides is 2. The molecule has 10 nitrogen and oxygen atoms in total. The van der Waals surface area contributed by atoms with E-state index in [1.54, 1.807) is 18.2 Å². The molecule has 33 heavy (non-hydrogen) atoms. The van der Waals surface area contributed by atoms with Crippen LogP contribution in [0.3, 0.4) is 0 Å². The van der Waals surface area contributed by atoms with Gasteiger partial charge in [-0.1, -0.05) is 24.3 Å². The van der Waals surface area contributed by atoms with Gasteiger partial charge in [-0.15, -0.1) is 0 Å². The van der Waals surface area contributed by atoms with Crippen molar-refractivity contribution in [3.05, 3.63) is 36.4 Å². The third kappa shape index (κ3) is 4.13. The van der Waals surface area contributed by atoms with Crippen molar-refractivity contribution in [3.8, 4) is 0 Å². The number of nitrogens with one attached hydrogen (secondary N) is 1. The molecule has 2 saturated heterocycles. The van der Waals surface area contributed by atoms with Gasteiger partial charge in [-0.25, -0.2) is 18.2 Å². The predicted octanol–water partition coefficient (Wildman–Crippen LogP) is 1.17. The molecule has 2 heterocycles. The Bertz CT molecular complexity index is 1230. The molecule has 4 rings (SSSR count). The van der Waals surface area contributed by atoms with Crippen molar-refractivity contribution in [2.45, 2.75) is 42.7 Å². The first-order chi connectivity index (χ1) is 15.6. The third-order valence-corrected chi connectivity index (χ3v) is 7.60. The Hall–Kier alpha value is -3.18. The molecule has 0 aromatic heterocycles. The Balaban J connectivity index is 1.71. The summed E-state index contributed by atoms with van der Waals surface area (Å²) in [6.07, 6.45) is 0.528. The molecule has 176 valence electrons. The highest BCUT2D eigenvalue weighted by atomic mass is 32.2. The van der Waals surface area contributed by atoms with Gasteiger partial charge in [0.05, 0.1) is 4.90 Å². The number of anilines is 1. The molecule has 2 aliphatic heterocycles. The van der Waals surface area contributed by atoms with Gasteiger partial charge in [0.15, 0.2) is 6.04 Å². The first-order valence-corrected chi connectivity index (χ1v) is 12.2. The number of sulfonamides is 1. The van der Waals surface area contributed by atoms with Crippen molar-refractivity contribution in [2.24, 2.45) is 0 Å². The number of aliphatic carboxylic acids is 1. The van der Waals surface area contributed by atoms with Crippen LogP contribution in [-0.2, 0) is 24.4 Å². The van der Waals surface area contributed by atoms with E-state index in [4.69, 9.17) is 0 Å². The van der Waals surface area contributed by atoms with E-state index < -0.39 is 39.9 Å². The fraction of sp³-hybridized carbons (Fsp3) is 0.409. The molecule has 0 spiro atoms. The van der Waals surface area contributed by atoms with Gasteiger partial charge in [-0.3, -0.25) is 14.6 Å². The Morgan fingerprint density at radius 3 is 2.48 bits per heavy atom. The van der Waals surface area contributed by atoms with Crippen LogP contribution < -0.4 is 9.62 Å². The number of carboxylic acids is 1. The van der Waals surface area contributed by atoms with Crippen molar-refractivity contribution in [1.82, 2.24) is 14.7 Å². The lowest BCUT2D eigenvalue weighted by atomic mass is 10.1. The number of hydrazine groups is 1. The topological polar surface area (TPSA) is 127 Å². The maximum atomic E-state index is 13.4. The lowest BCUT2D eigenvalue weighted by molar-refractivity contribution is -0.180. The summed E-state index contributed by atoms with van der Waals surface area (Å²) in [5, 5.41) is 12.9. The zero-order chi connectivity index (χ0) is 23.9. The molecule has 0 bridgehead atoms. The summed E-state index contributed by atoms with van der Waals surface area (Å²) in [7, 11) is -0.445. The van der Waals surface area contributed by atoms with Crippen LogP contribution in [0.2, 0.25) is 0 Å². The average Bonchev–Trinajstić information content (AvgIpc) is 2.90. The van der Waals surface area contributed by atoms with Gasteiger partial charge in [0.2, 0.25) is 15.9 Å². The fourth-order valence-corrected chi connectivity index (χ4v) is 5.95. The van der Waals surface area contributed by atoms with E-state index in [0.29, 0.717) is 11.8 Å². The summed E-state index contributed by atoms with van der Waals surface area (Å²) in [6, 6.07) is 7.79. The SMILES string of the molecule is CN(C)c1cccc2c(S(=O)(=O)N[C@H]3CCC(=O)N4CCC[C@@H](C(=O)O)N4C3=O)cccc12. The molecule has 0 saturated carbocycles. The molecule has 2 N–H and O–H groups in total. The lowest BCUT2D eigenvalue weighted by Gasteiger charge is -2.41. The predicted molar refractivity (Wildman–Crippen MR) is 121 cm³/mol. The summed E-state index contributed by atoms with van der Waals surface area (Å²) >= 11 is 0. The highest BCUT2D eigenvalue weighted by Crippen LogP contribution is 2.31. The summed E-state index contributed by atoms with van der Waals surface area (Å²) in [6.45, 7) is 0.227. The number of nitrogens with zero attached hydrogens (tertiary/aromatic N) is 3. The van der Waals surface area contributed by atoms with Crippen molar-refractivity contribution in [1.29, 1.82) is 0 Å². The second-order valence-electron chi connectivity index (χ2n) is 8.43. The Morgan fingerprint density at radius 1 is 1.09 bits per heavy atom. The van der Waals surface area contributed by atoms with E-state index in [1.807, 2.05) is 31.1 Å². The van der Waals surface area contributed by atoms with Crippen LogP contribution in [-0.4, -0.2) is 74.0 Å². The fourth-order valence-electron chi connectivity index (χ4n) is 4.51. The third-order valence-electron chi connectivity index (χ3n) is 6.07. The van der Waals surface area contributed by atoms with E-state index >= 15 is 0 Å². The van der Waals surface area contributed by atoms with Crippen LogP contribution >= 0.6 is 0 Å². The van der Waals surface area contributed by atoms with E-state index in [2.05, 4.69) is 4.72 Å². The first-order valence-electron chi connectivity index (χ1n) is 10.7. The van der Waals surface area contributed by atoms with Gasteiger partial charge < -0.3 is 10.0 Å². The van der Waals surface area contributed by atoms with Gasteiger partial charge in [-0.05, 0) is 31.4 Å². The molecule has 11 heteroatoms. The Kier molecular flexibility index (Phi) is 6.02. The Morgan fingerprint density at radius 2 is 1.79 bits per heavy atom. The number of carbonyl (C=O) groups is 3. The second-order valence-corrected chi connectivity index (χ2v) is 10.1. The van der Waals surface area contributed by atoms with E-state index in [1.165, 1.54) is 6.07 Å². The van der Waals surface area contributed by atoms with Crippen molar-refractivity contribution in [3.63, 3.8) is 0 Å². The van der Waals surface area contributed by atoms with Crippen LogP contribution in [0, 0.1) is 0 Å². The molecule has 0 radical (unpaired) electrons. The quantitative estimate of drug-likeness (QED) is 0.666. The zero-order valence-electron chi connectivity index (χ0n) is 18.4. The monoisotopic (exact) mass is 474 g/mol. The average molecular weight is 475 g/mol. The first kappa shape index (κ1) is 23.0. The maximum absolute atomic E-state index is 13.4. The smallest absolute Gasteiger partial charge is 0.328 e. The molecule has 2 aromatic carbocycles. The number of carboxylic acid groups (broad SMARTS) is 1. The number of carbonyl (C=O) groups excluding carboxylic acids is 2. The molecule has 2 atom stereocenters. The van der Waals surface area contributed by atoms with E-state index in [0.717, 1.165) is 21.1 Å². The summed E-state index contributed by atoms with van der Waals surface area (Å²) in [4.78, 5) is 39.5. The number of hydrogen-bond acceptors (Lipinski definition) is 6. The molecular formula is C22H26N4O6S. The van der Waals surface area contributed by atoms with Crippen LogP contribution in [0.25, 0.3) is 10.8 Å². The normalized spacial score (nSPS) is 21.6. The zero-order valence-corrected chi connectivity index (χ0v) is 19.2. The van der Waals surface area contributed by atoms with Gasteiger partial charge in [0.1, 0.15) is 6.04 Å². The lowest BCUT2D eigenvalue weighted by Crippen LogP contribution is -2.62. The minimum Gasteiger partial charge on any atom is -0.480 e. The largest absolute Gasteiger partial charge is 0.480 e. The Labute approximate surface area is 191 Å². The highest BCUT2D eigenvalue weighted by molar-refractivity contribution is 7.89. The minimum atomic E-state index is -4.16. The minimum absolute atomic E-state index is 0.0114. The van der Waals surface area contributed by atoms with Crippen molar-refractivity contribution >= 4 is 44.3 Å². The van der Waals surface area contributed by atoms with Crippen LogP contribution in [0.15, 0.2) is 41.3 Å². The van der Waals surface area contributed by atoms with Gasteiger partial charge in [0.25, 0.3) is 5.91 Å². The highest BCUT2D eigenvalue weighted by Gasteiger charge is 2.45. The molecule has 2 fully saturated rings. The standard InChI is InChI=1S/C22H26N4O6S/c1-24(2)17-8-3-7-15-14(17)6-4-10-19(15)33(31,32)23-16-11-12-20(27)25-13-5-9-18(22(29)30)26(25)21(16)28/h3-4,6-8,10,16,18,23H,5,9,11-13H2,1-2H3,(H,29,30)/t16-,18-/m0/s1. The molecular weight excluding hydrogens is 448 g/mol. The maximum Gasteiger partial charge on any atom is 0.328 e. The molecule has 2 aliphatic rings. The molecule has 0 aliphatic carbocycles. The van der Waals surface area contributed by atoms with Crippen LogP contribution in [0.1, 0.15) is 25.7 Å². The summed E-state index contributed by atoms with van der Waals surface area (Å²) < 4.78 is 29.3. The summed E-state index contributed by atoms with van der Waals surface area (Å²) in [5.74, 6) is -2.35. The van der Waals surface area contributed by atoms with E-state index in [9.17, 15) is 27.9 Å². The molecule has 0 unspecified atom stereocenters. The molecule has 2 amide bonds. The van der Waals surface area contributed by atoms with Crippen molar-refractivity contribution in [2.75, 3.05) is 25.5 Å². The number of benzene rings is 2. The number of hydrogen-bond donors (Lipinski definition) is 2. The van der Waals surface area contributed by atoms with Crippen LogP contribution in [0.5, 0.6) is 0 Å². The van der Waals surface area contributed by atoms with Crippen molar-refractivity contribution < 1.29 is 27.9 Å². The number of fused-ring (bicyclic) bond motifs is 2.